The monoisotopic (exact) mass is 329 g/mol. The van der Waals surface area contributed by atoms with Gasteiger partial charge in [-0.1, -0.05) is 29.8 Å². The number of amides is 1. The van der Waals surface area contributed by atoms with Gasteiger partial charge >= 0.3 is 0 Å². The predicted octanol–water partition coefficient (Wildman–Crippen LogP) is 4.43. The van der Waals surface area contributed by atoms with E-state index in [9.17, 15) is 9.18 Å². The van der Waals surface area contributed by atoms with Gasteiger partial charge in [0.15, 0.2) is 0 Å². The van der Waals surface area contributed by atoms with Crippen LogP contribution in [0.25, 0.3) is 11.3 Å². The summed E-state index contributed by atoms with van der Waals surface area (Å²) in [4.78, 5) is 12.3. The molecule has 0 bridgehead atoms. The summed E-state index contributed by atoms with van der Waals surface area (Å²) in [6, 6.07) is 13.3. The van der Waals surface area contributed by atoms with Crippen molar-refractivity contribution in [2.45, 2.75) is 6.92 Å². The van der Waals surface area contributed by atoms with E-state index < -0.39 is 0 Å². The fraction of sp³-hybridized carbons (Fsp3) is 0.0588. The average Bonchev–Trinajstić information content (AvgIpc) is 3.02. The first-order valence-electron chi connectivity index (χ1n) is 6.92. The number of nitrogens with zero attached hydrogens (tertiary/aromatic N) is 1. The number of aromatic nitrogens is 2. The van der Waals surface area contributed by atoms with Gasteiger partial charge in [0.2, 0.25) is 0 Å². The Morgan fingerprint density at radius 2 is 1.96 bits per heavy atom. The lowest BCUT2D eigenvalue weighted by molar-refractivity contribution is 0.102. The molecule has 0 saturated heterocycles. The molecule has 0 fully saturated rings. The SMILES string of the molecule is Cc1c(F)cccc1NC(=O)c1cc(-c2ccc(Cl)cc2)n[nH]1. The summed E-state index contributed by atoms with van der Waals surface area (Å²) in [5.74, 6) is -0.749. The molecule has 6 heteroatoms. The van der Waals surface area contributed by atoms with Crippen molar-refractivity contribution in [3.05, 3.63) is 70.6 Å². The number of rotatable bonds is 3. The Morgan fingerprint density at radius 1 is 1.22 bits per heavy atom. The van der Waals surface area contributed by atoms with Crippen LogP contribution < -0.4 is 5.32 Å². The molecule has 2 aromatic carbocycles. The molecular formula is C17H13ClFN3O. The van der Waals surface area contributed by atoms with E-state index in [1.165, 1.54) is 6.07 Å². The van der Waals surface area contributed by atoms with E-state index in [0.717, 1.165) is 5.56 Å². The predicted molar refractivity (Wildman–Crippen MR) is 88.1 cm³/mol. The number of aromatic amines is 1. The Labute approximate surface area is 137 Å². The molecule has 1 amide bonds. The minimum absolute atomic E-state index is 0.290. The molecule has 0 radical (unpaired) electrons. The molecule has 0 atom stereocenters. The minimum Gasteiger partial charge on any atom is -0.320 e. The van der Waals surface area contributed by atoms with Crippen molar-refractivity contribution in [3.8, 4) is 11.3 Å². The molecule has 0 saturated carbocycles. The zero-order valence-corrected chi connectivity index (χ0v) is 13.0. The van der Waals surface area contributed by atoms with Crippen LogP contribution in [0.1, 0.15) is 16.1 Å². The molecule has 1 aromatic heterocycles. The van der Waals surface area contributed by atoms with Gasteiger partial charge in [-0.15, -0.1) is 0 Å². The first-order valence-corrected chi connectivity index (χ1v) is 7.30. The smallest absolute Gasteiger partial charge is 0.273 e. The molecule has 116 valence electrons. The van der Waals surface area contributed by atoms with Gasteiger partial charge in [-0.05, 0) is 37.3 Å². The maximum Gasteiger partial charge on any atom is 0.273 e. The Bertz CT molecular complexity index is 859. The van der Waals surface area contributed by atoms with Crippen LogP contribution in [-0.2, 0) is 0 Å². The van der Waals surface area contributed by atoms with Crippen molar-refractivity contribution < 1.29 is 9.18 Å². The highest BCUT2D eigenvalue weighted by Crippen LogP contribution is 2.21. The number of nitrogens with one attached hydrogen (secondary N) is 2. The molecule has 0 aliphatic heterocycles. The molecule has 0 aliphatic rings. The van der Waals surface area contributed by atoms with Crippen LogP contribution in [0.3, 0.4) is 0 Å². The largest absolute Gasteiger partial charge is 0.320 e. The van der Waals surface area contributed by atoms with Gasteiger partial charge in [0.1, 0.15) is 11.5 Å². The van der Waals surface area contributed by atoms with E-state index in [0.29, 0.717) is 27.7 Å². The average molecular weight is 330 g/mol. The van der Waals surface area contributed by atoms with E-state index in [1.807, 2.05) is 12.1 Å². The normalized spacial score (nSPS) is 10.6. The summed E-state index contributed by atoms with van der Waals surface area (Å²) in [6.45, 7) is 1.61. The van der Waals surface area contributed by atoms with Gasteiger partial charge < -0.3 is 5.32 Å². The van der Waals surface area contributed by atoms with Gasteiger partial charge in [-0.25, -0.2) is 4.39 Å². The molecule has 0 aliphatic carbocycles. The Kier molecular flexibility index (Phi) is 4.12. The van der Waals surface area contributed by atoms with Crippen molar-refractivity contribution in [2.75, 3.05) is 5.32 Å². The number of hydrogen-bond donors (Lipinski definition) is 2. The highest BCUT2D eigenvalue weighted by Gasteiger charge is 2.13. The first kappa shape index (κ1) is 15.2. The summed E-state index contributed by atoms with van der Waals surface area (Å²) in [5.41, 5.74) is 2.57. The molecule has 3 aromatic rings. The Hall–Kier alpha value is -2.66. The number of anilines is 1. The van der Waals surface area contributed by atoms with Crippen molar-refractivity contribution in [3.63, 3.8) is 0 Å². The Balaban J connectivity index is 1.81. The second-order valence-corrected chi connectivity index (χ2v) is 5.48. The Morgan fingerprint density at radius 3 is 2.70 bits per heavy atom. The van der Waals surface area contributed by atoms with Crippen LogP contribution in [0, 0.1) is 12.7 Å². The standard InChI is InChI=1S/C17H13ClFN3O/c1-10-13(19)3-2-4-14(10)20-17(23)16-9-15(21-22-16)11-5-7-12(18)8-6-11/h2-9H,1H3,(H,20,23)(H,21,22). The summed E-state index contributed by atoms with van der Waals surface area (Å²) < 4.78 is 13.5. The van der Waals surface area contributed by atoms with Crippen LogP contribution in [0.2, 0.25) is 5.02 Å². The minimum atomic E-state index is -0.383. The number of carbonyl (C=O) groups is 1. The molecule has 0 spiro atoms. The maximum atomic E-state index is 13.5. The fourth-order valence-corrected chi connectivity index (χ4v) is 2.27. The van der Waals surface area contributed by atoms with Crippen LogP contribution in [-0.4, -0.2) is 16.1 Å². The highest BCUT2D eigenvalue weighted by molar-refractivity contribution is 6.30. The summed E-state index contributed by atoms with van der Waals surface area (Å²) in [6.07, 6.45) is 0. The van der Waals surface area contributed by atoms with E-state index >= 15 is 0 Å². The molecule has 23 heavy (non-hydrogen) atoms. The lowest BCUT2D eigenvalue weighted by Gasteiger charge is -2.07. The topological polar surface area (TPSA) is 57.8 Å². The van der Waals surface area contributed by atoms with E-state index in [1.54, 1.807) is 37.3 Å². The molecular weight excluding hydrogens is 317 g/mol. The van der Waals surface area contributed by atoms with Gasteiger partial charge in [0.05, 0.1) is 5.69 Å². The molecule has 2 N–H and O–H groups in total. The van der Waals surface area contributed by atoms with E-state index in [2.05, 4.69) is 15.5 Å². The van der Waals surface area contributed by atoms with Crippen LogP contribution in [0.5, 0.6) is 0 Å². The molecule has 4 nitrogen and oxygen atoms in total. The lowest BCUT2D eigenvalue weighted by atomic mass is 10.1. The lowest BCUT2D eigenvalue weighted by Crippen LogP contribution is -2.13. The quantitative estimate of drug-likeness (QED) is 0.746. The maximum absolute atomic E-state index is 13.5. The van der Waals surface area contributed by atoms with Gasteiger partial charge in [0, 0.05) is 21.8 Å². The number of carbonyl (C=O) groups excluding carboxylic acids is 1. The third kappa shape index (κ3) is 3.24. The summed E-state index contributed by atoms with van der Waals surface area (Å²) >= 11 is 5.85. The van der Waals surface area contributed by atoms with Crippen LogP contribution in [0.4, 0.5) is 10.1 Å². The van der Waals surface area contributed by atoms with Crippen molar-refractivity contribution >= 4 is 23.2 Å². The highest BCUT2D eigenvalue weighted by atomic mass is 35.5. The zero-order chi connectivity index (χ0) is 16.4. The number of H-pyrrole nitrogens is 1. The molecule has 3 rings (SSSR count). The summed E-state index contributed by atoms with van der Waals surface area (Å²) in [7, 11) is 0. The van der Waals surface area contributed by atoms with Crippen LogP contribution >= 0.6 is 11.6 Å². The van der Waals surface area contributed by atoms with Gasteiger partial charge in [-0.2, -0.15) is 5.10 Å². The zero-order valence-electron chi connectivity index (χ0n) is 12.2. The van der Waals surface area contributed by atoms with Gasteiger partial charge in [0.25, 0.3) is 5.91 Å². The fourth-order valence-electron chi connectivity index (χ4n) is 2.14. The molecule has 0 unspecified atom stereocenters. The second kappa shape index (κ2) is 6.22. The third-order valence-corrected chi connectivity index (χ3v) is 3.73. The second-order valence-electron chi connectivity index (χ2n) is 5.04. The third-order valence-electron chi connectivity index (χ3n) is 3.48. The van der Waals surface area contributed by atoms with Crippen molar-refractivity contribution in [1.82, 2.24) is 10.2 Å². The van der Waals surface area contributed by atoms with Crippen molar-refractivity contribution in [2.24, 2.45) is 0 Å². The summed E-state index contributed by atoms with van der Waals surface area (Å²) in [5, 5.41) is 10.1. The van der Waals surface area contributed by atoms with Crippen LogP contribution in [0.15, 0.2) is 48.5 Å². The van der Waals surface area contributed by atoms with E-state index in [-0.39, 0.29) is 11.7 Å². The van der Waals surface area contributed by atoms with Crippen molar-refractivity contribution in [1.29, 1.82) is 0 Å². The first-order chi connectivity index (χ1) is 11.0. The van der Waals surface area contributed by atoms with E-state index in [4.69, 9.17) is 11.6 Å². The number of hydrogen-bond acceptors (Lipinski definition) is 2. The molecule has 1 heterocycles. The van der Waals surface area contributed by atoms with Gasteiger partial charge in [-0.3, -0.25) is 9.89 Å². The number of halogens is 2. The number of benzene rings is 2.